The highest BCUT2D eigenvalue weighted by Crippen LogP contribution is 2.23. The molecule has 1 aliphatic rings. The summed E-state index contributed by atoms with van der Waals surface area (Å²) in [5.41, 5.74) is 4.87. The summed E-state index contributed by atoms with van der Waals surface area (Å²) < 4.78 is 16.0. The highest BCUT2D eigenvalue weighted by atomic mass is 32.2. The first-order valence-corrected chi connectivity index (χ1v) is 7.58. The van der Waals surface area contributed by atoms with Crippen molar-refractivity contribution in [2.45, 2.75) is 51.7 Å². The van der Waals surface area contributed by atoms with E-state index in [0.717, 1.165) is 11.3 Å². The number of hydrogen-bond donors (Lipinski definition) is 0. The Kier molecular flexibility index (Phi) is 3.71. The van der Waals surface area contributed by atoms with Gasteiger partial charge in [0, 0.05) is 0 Å². The number of hydrogen-bond acceptors (Lipinski definition) is 1. The molecule has 0 saturated heterocycles. The van der Waals surface area contributed by atoms with Crippen LogP contribution in [-0.2, 0) is 23.8 Å². The summed E-state index contributed by atoms with van der Waals surface area (Å²) >= 11 is 0. The molecule has 0 aliphatic heterocycles. The Hall–Kier alpha value is -0.960. The molecule has 1 aliphatic carbocycles. The summed E-state index contributed by atoms with van der Waals surface area (Å²) in [5, 5.41) is 0. The fourth-order valence-electron chi connectivity index (χ4n) is 2.11. The van der Waals surface area contributed by atoms with Crippen LogP contribution in [0.3, 0.4) is 0 Å². The molecule has 0 spiro atoms. The van der Waals surface area contributed by atoms with E-state index < -0.39 is 11.0 Å². The smallest absolute Gasteiger partial charge is 0.145 e. The van der Waals surface area contributed by atoms with E-state index in [0.29, 0.717) is 0 Å². The molecule has 98 valence electrons. The zero-order valence-electron chi connectivity index (χ0n) is 11.6. The lowest BCUT2D eigenvalue weighted by Gasteiger charge is -2.14. The predicted octanol–water partition coefficient (Wildman–Crippen LogP) is 3.45. The Morgan fingerprint density at radius 1 is 1.22 bits per heavy atom. The Morgan fingerprint density at radius 3 is 2.56 bits per heavy atom. The minimum Gasteiger partial charge on any atom is -0.234 e. The second kappa shape index (κ2) is 4.96. The third-order valence-corrected chi connectivity index (χ3v) is 4.75. The third-order valence-electron chi connectivity index (χ3n) is 3.26. The fraction of sp³-hybridized carbons (Fsp3) is 0.533. The molecular formula is C15H21NOS. The van der Waals surface area contributed by atoms with Gasteiger partial charge in [0.1, 0.15) is 11.0 Å². The largest absolute Gasteiger partial charge is 0.234 e. The molecule has 1 atom stereocenters. The van der Waals surface area contributed by atoms with E-state index in [2.05, 4.69) is 22.6 Å². The SMILES string of the molecule is CC(=NS(=O)C(C)(C)C)c1ccc2c(c1)CCC2. The minimum atomic E-state index is -1.18. The summed E-state index contributed by atoms with van der Waals surface area (Å²) in [6, 6.07) is 6.50. The topological polar surface area (TPSA) is 29.4 Å². The van der Waals surface area contributed by atoms with Crippen LogP contribution in [0.25, 0.3) is 0 Å². The predicted molar refractivity (Wildman–Crippen MR) is 78.6 cm³/mol. The van der Waals surface area contributed by atoms with Crippen LogP contribution in [0, 0.1) is 0 Å². The zero-order chi connectivity index (χ0) is 13.3. The van der Waals surface area contributed by atoms with Gasteiger partial charge in [0.15, 0.2) is 0 Å². The van der Waals surface area contributed by atoms with Gasteiger partial charge in [0.2, 0.25) is 0 Å². The second-order valence-corrected chi connectivity index (χ2v) is 7.78. The van der Waals surface area contributed by atoms with Gasteiger partial charge in [-0.05, 0) is 69.7 Å². The lowest BCUT2D eigenvalue weighted by atomic mass is 10.0. The molecule has 0 aromatic heterocycles. The maximum Gasteiger partial charge on any atom is 0.145 e. The monoisotopic (exact) mass is 263 g/mol. The molecule has 0 N–H and O–H groups in total. The standard InChI is InChI=1S/C15H21NOS/c1-11(16-18(17)15(2,3)4)13-9-8-12-6-5-7-14(12)10-13/h8-10H,5-7H2,1-4H3. The first-order chi connectivity index (χ1) is 8.38. The van der Waals surface area contributed by atoms with Crippen molar-refractivity contribution in [1.82, 2.24) is 0 Å². The van der Waals surface area contributed by atoms with E-state index in [1.165, 1.54) is 30.4 Å². The number of rotatable bonds is 2. The Labute approximate surface area is 112 Å². The second-order valence-electron chi connectivity index (χ2n) is 5.88. The van der Waals surface area contributed by atoms with Crippen molar-refractivity contribution in [2.24, 2.45) is 4.40 Å². The van der Waals surface area contributed by atoms with E-state index in [-0.39, 0.29) is 4.75 Å². The molecule has 2 rings (SSSR count). The molecule has 0 bridgehead atoms. The van der Waals surface area contributed by atoms with E-state index >= 15 is 0 Å². The summed E-state index contributed by atoms with van der Waals surface area (Å²) in [6.07, 6.45) is 3.61. The number of aryl methyl sites for hydroxylation is 2. The van der Waals surface area contributed by atoms with Crippen molar-refractivity contribution in [2.75, 3.05) is 0 Å². The van der Waals surface area contributed by atoms with E-state index in [4.69, 9.17) is 0 Å². The molecule has 18 heavy (non-hydrogen) atoms. The molecule has 0 fully saturated rings. The zero-order valence-corrected chi connectivity index (χ0v) is 12.4. The highest BCUT2D eigenvalue weighted by Gasteiger charge is 2.19. The van der Waals surface area contributed by atoms with Gasteiger partial charge >= 0.3 is 0 Å². The Morgan fingerprint density at radius 2 is 1.89 bits per heavy atom. The molecular weight excluding hydrogens is 242 g/mol. The number of fused-ring (bicyclic) bond motifs is 1. The molecule has 2 nitrogen and oxygen atoms in total. The van der Waals surface area contributed by atoms with Crippen LogP contribution >= 0.6 is 0 Å². The Bertz CT molecular complexity index is 512. The van der Waals surface area contributed by atoms with Crippen LogP contribution in [-0.4, -0.2) is 14.7 Å². The molecule has 0 heterocycles. The van der Waals surface area contributed by atoms with Crippen molar-refractivity contribution in [1.29, 1.82) is 0 Å². The normalized spacial score (nSPS) is 17.7. The molecule has 1 aromatic carbocycles. The van der Waals surface area contributed by atoms with Crippen LogP contribution in [0.15, 0.2) is 22.6 Å². The van der Waals surface area contributed by atoms with Crippen molar-refractivity contribution in [3.05, 3.63) is 34.9 Å². The van der Waals surface area contributed by atoms with E-state index in [1.54, 1.807) is 0 Å². The van der Waals surface area contributed by atoms with Crippen LogP contribution in [0.5, 0.6) is 0 Å². The molecule has 0 radical (unpaired) electrons. The first-order valence-electron chi connectivity index (χ1n) is 6.47. The van der Waals surface area contributed by atoms with Gasteiger partial charge in [-0.25, -0.2) is 4.21 Å². The maximum absolute atomic E-state index is 12.0. The van der Waals surface area contributed by atoms with Gasteiger partial charge in [0.05, 0.1) is 10.5 Å². The summed E-state index contributed by atoms with van der Waals surface area (Å²) in [4.78, 5) is 0. The van der Waals surface area contributed by atoms with Crippen LogP contribution in [0.2, 0.25) is 0 Å². The Balaban J connectivity index is 2.27. The molecule has 0 amide bonds. The lowest BCUT2D eigenvalue weighted by Crippen LogP contribution is -2.20. The van der Waals surface area contributed by atoms with E-state index in [9.17, 15) is 4.21 Å². The molecule has 0 saturated carbocycles. The minimum absolute atomic E-state index is 0.294. The van der Waals surface area contributed by atoms with Crippen molar-refractivity contribution >= 4 is 16.7 Å². The average molecular weight is 263 g/mol. The van der Waals surface area contributed by atoms with E-state index in [1.807, 2.05) is 27.7 Å². The molecule has 1 unspecified atom stereocenters. The summed E-state index contributed by atoms with van der Waals surface area (Å²) in [7, 11) is -1.18. The maximum atomic E-state index is 12.0. The molecule has 3 heteroatoms. The van der Waals surface area contributed by atoms with Gasteiger partial charge < -0.3 is 0 Å². The average Bonchev–Trinajstić information content (AvgIpc) is 2.74. The molecule has 1 aromatic rings. The van der Waals surface area contributed by atoms with Crippen molar-refractivity contribution in [3.63, 3.8) is 0 Å². The first kappa shape index (κ1) is 13.5. The highest BCUT2D eigenvalue weighted by molar-refractivity contribution is 7.85. The van der Waals surface area contributed by atoms with Gasteiger partial charge in [-0.1, -0.05) is 12.1 Å². The van der Waals surface area contributed by atoms with Crippen molar-refractivity contribution in [3.8, 4) is 0 Å². The third kappa shape index (κ3) is 2.89. The van der Waals surface area contributed by atoms with Gasteiger partial charge in [0.25, 0.3) is 0 Å². The van der Waals surface area contributed by atoms with Gasteiger partial charge in [-0.15, -0.1) is 0 Å². The van der Waals surface area contributed by atoms with Crippen LogP contribution < -0.4 is 0 Å². The van der Waals surface area contributed by atoms with Crippen LogP contribution in [0.1, 0.15) is 50.8 Å². The fourth-order valence-corrected chi connectivity index (χ4v) is 2.74. The summed E-state index contributed by atoms with van der Waals surface area (Å²) in [5.74, 6) is 0. The van der Waals surface area contributed by atoms with Crippen LogP contribution in [0.4, 0.5) is 0 Å². The van der Waals surface area contributed by atoms with Crippen molar-refractivity contribution < 1.29 is 4.21 Å². The number of benzene rings is 1. The lowest BCUT2D eigenvalue weighted by molar-refractivity contribution is 0.650. The van der Waals surface area contributed by atoms with Gasteiger partial charge in [-0.2, -0.15) is 4.40 Å². The van der Waals surface area contributed by atoms with Gasteiger partial charge in [-0.3, -0.25) is 0 Å². The number of nitrogens with zero attached hydrogens (tertiary/aromatic N) is 1. The summed E-state index contributed by atoms with van der Waals surface area (Å²) in [6.45, 7) is 7.79. The quantitative estimate of drug-likeness (QED) is 0.751.